The van der Waals surface area contributed by atoms with Crippen molar-refractivity contribution in [3.05, 3.63) is 59.7 Å². The van der Waals surface area contributed by atoms with Gasteiger partial charge in [-0.3, -0.25) is 0 Å². The van der Waals surface area contributed by atoms with Crippen molar-refractivity contribution in [3.63, 3.8) is 0 Å². The third kappa shape index (κ3) is 4.16. The Morgan fingerprint density at radius 2 is 1.55 bits per heavy atom. The van der Waals surface area contributed by atoms with E-state index in [1.807, 2.05) is 31.2 Å². The van der Waals surface area contributed by atoms with Crippen molar-refractivity contribution in [2.75, 3.05) is 6.26 Å². The van der Waals surface area contributed by atoms with Crippen LogP contribution in [0, 0.1) is 6.92 Å². The van der Waals surface area contributed by atoms with Gasteiger partial charge in [-0.05, 0) is 30.7 Å². The zero-order valence-corrected chi connectivity index (χ0v) is 13.9. The predicted octanol–water partition coefficient (Wildman–Crippen LogP) is 1.88. The van der Waals surface area contributed by atoms with Gasteiger partial charge in [-0.1, -0.05) is 35.9 Å². The minimum Gasteiger partial charge on any atom is -0.224 e. The van der Waals surface area contributed by atoms with Gasteiger partial charge in [-0.25, -0.2) is 21.6 Å². The van der Waals surface area contributed by atoms with E-state index in [2.05, 4.69) is 4.72 Å². The summed E-state index contributed by atoms with van der Waals surface area (Å²) in [7, 11) is -7.22. The number of sulfone groups is 1. The standard InChI is InChI=1S/C15H17NO4S2/c1-12-5-3-6-13(9-12)11-16-22(19,20)15-8-4-7-14(10-15)21(2,17)18/h3-10,16H,11H2,1-2H3. The van der Waals surface area contributed by atoms with E-state index in [1.54, 1.807) is 0 Å². The molecule has 0 radical (unpaired) electrons. The Labute approximate surface area is 131 Å². The van der Waals surface area contributed by atoms with Gasteiger partial charge < -0.3 is 0 Å². The fourth-order valence-electron chi connectivity index (χ4n) is 1.96. The molecule has 5 nitrogen and oxygen atoms in total. The normalized spacial score (nSPS) is 12.3. The second-order valence-electron chi connectivity index (χ2n) is 5.06. The molecule has 0 aliphatic heterocycles. The van der Waals surface area contributed by atoms with Crippen LogP contribution in [-0.4, -0.2) is 23.1 Å². The van der Waals surface area contributed by atoms with Crippen molar-refractivity contribution in [1.29, 1.82) is 0 Å². The number of rotatable bonds is 5. The lowest BCUT2D eigenvalue weighted by Gasteiger charge is -2.08. The van der Waals surface area contributed by atoms with Crippen molar-refractivity contribution in [3.8, 4) is 0 Å². The van der Waals surface area contributed by atoms with Gasteiger partial charge >= 0.3 is 0 Å². The van der Waals surface area contributed by atoms with Crippen LogP contribution in [0.5, 0.6) is 0 Å². The molecule has 0 saturated carbocycles. The van der Waals surface area contributed by atoms with Gasteiger partial charge in [0.15, 0.2) is 9.84 Å². The molecule has 7 heteroatoms. The monoisotopic (exact) mass is 339 g/mol. The number of sulfonamides is 1. The van der Waals surface area contributed by atoms with Crippen LogP contribution in [0.25, 0.3) is 0 Å². The molecule has 0 fully saturated rings. The molecule has 0 aromatic heterocycles. The molecule has 0 spiro atoms. The number of benzene rings is 2. The minimum atomic E-state index is -3.77. The van der Waals surface area contributed by atoms with Crippen molar-refractivity contribution in [1.82, 2.24) is 4.72 Å². The van der Waals surface area contributed by atoms with E-state index in [1.165, 1.54) is 18.2 Å². The Hall–Kier alpha value is -1.70. The smallest absolute Gasteiger partial charge is 0.224 e. The van der Waals surface area contributed by atoms with E-state index in [0.29, 0.717) is 0 Å². The van der Waals surface area contributed by atoms with Gasteiger partial charge in [-0.2, -0.15) is 0 Å². The van der Waals surface area contributed by atoms with Crippen LogP contribution in [0.3, 0.4) is 0 Å². The maximum absolute atomic E-state index is 12.3. The van der Waals surface area contributed by atoms with E-state index >= 15 is 0 Å². The van der Waals surface area contributed by atoms with Crippen molar-refractivity contribution < 1.29 is 16.8 Å². The van der Waals surface area contributed by atoms with E-state index in [0.717, 1.165) is 23.4 Å². The average Bonchev–Trinajstić information content (AvgIpc) is 2.45. The highest BCUT2D eigenvalue weighted by atomic mass is 32.2. The third-order valence-corrected chi connectivity index (χ3v) is 5.60. The zero-order chi connectivity index (χ0) is 16.4. The highest BCUT2D eigenvalue weighted by Gasteiger charge is 2.16. The quantitative estimate of drug-likeness (QED) is 0.902. The lowest BCUT2D eigenvalue weighted by Crippen LogP contribution is -2.23. The van der Waals surface area contributed by atoms with Crippen LogP contribution < -0.4 is 4.72 Å². The molecular formula is C15H17NO4S2. The SMILES string of the molecule is Cc1cccc(CNS(=O)(=O)c2cccc(S(C)(=O)=O)c2)c1. The first kappa shape index (κ1) is 16.7. The van der Waals surface area contributed by atoms with Crippen molar-refractivity contribution in [2.24, 2.45) is 0 Å². The summed E-state index contributed by atoms with van der Waals surface area (Å²) in [5, 5.41) is 0. The van der Waals surface area contributed by atoms with Crippen LogP contribution in [0.4, 0.5) is 0 Å². The molecule has 0 aliphatic carbocycles. The molecule has 0 saturated heterocycles. The van der Waals surface area contributed by atoms with Gasteiger partial charge in [0.05, 0.1) is 9.79 Å². The van der Waals surface area contributed by atoms with E-state index < -0.39 is 19.9 Å². The Morgan fingerprint density at radius 3 is 2.18 bits per heavy atom. The molecule has 22 heavy (non-hydrogen) atoms. The van der Waals surface area contributed by atoms with Crippen LogP contribution in [0.15, 0.2) is 58.3 Å². The Bertz CT molecular complexity index is 887. The second kappa shape index (κ2) is 6.20. The summed E-state index contributed by atoms with van der Waals surface area (Å²) in [4.78, 5) is -0.0889. The molecule has 2 aromatic rings. The Kier molecular flexibility index (Phi) is 4.69. The van der Waals surface area contributed by atoms with E-state index in [9.17, 15) is 16.8 Å². The number of hydrogen-bond acceptors (Lipinski definition) is 4. The fraction of sp³-hybridized carbons (Fsp3) is 0.200. The molecule has 0 unspecified atom stereocenters. The molecule has 2 rings (SSSR count). The first-order valence-corrected chi connectivity index (χ1v) is 9.91. The van der Waals surface area contributed by atoms with Crippen molar-refractivity contribution in [2.45, 2.75) is 23.3 Å². The van der Waals surface area contributed by atoms with E-state index in [4.69, 9.17) is 0 Å². The van der Waals surface area contributed by atoms with Gasteiger partial charge in [0, 0.05) is 12.8 Å². The molecule has 0 atom stereocenters. The first-order valence-electron chi connectivity index (χ1n) is 6.54. The van der Waals surface area contributed by atoms with Gasteiger partial charge in [0.25, 0.3) is 0 Å². The first-order chi connectivity index (χ1) is 10.2. The average molecular weight is 339 g/mol. The van der Waals surface area contributed by atoms with Crippen LogP contribution in [-0.2, 0) is 26.4 Å². The molecule has 0 amide bonds. The summed E-state index contributed by atoms with van der Waals surface area (Å²) >= 11 is 0. The molecule has 0 bridgehead atoms. The summed E-state index contributed by atoms with van der Waals surface area (Å²) in [6.45, 7) is 2.07. The fourth-order valence-corrected chi connectivity index (χ4v) is 3.76. The maximum Gasteiger partial charge on any atom is 0.240 e. The predicted molar refractivity (Wildman–Crippen MR) is 84.8 cm³/mol. The van der Waals surface area contributed by atoms with E-state index in [-0.39, 0.29) is 16.3 Å². The Morgan fingerprint density at radius 1 is 0.909 bits per heavy atom. The number of aryl methyl sites for hydroxylation is 1. The van der Waals surface area contributed by atoms with Gasteiger partial charge in [-0.15, -0.1) is 0 Å². The summed E-state index contributed by atoms with van der Waals surface area (Å²) < 4.78 is 50.0. The lowest BCUT2D eigenvalue weighted by atomic mass is 10.1. The molecular weight excluding hydrogens is 322 g/mol. The Balaban J connectivity index is 2.24. The molecule has 2 aromatic carbocycles. The lowest BCUT2D eigenvalue weighted by molar-refractivity contribution is 0.581. The summed E-state index contributed by atoms with van der Waals surface area (Å²) in [6, 6.07) is 12.8. The van der Waals surface area contributed by atoms with Crippen LogP contribution in [0.1, 0.15) is 11.1 Å². The summed E-state index contributed by atoms with van der Waals surface area (Å²) in [6.07, 6.45) is 1.04. The molecule has 0 heterocycles. The molecule has 0 aliphatic rings. The highest BCUT2D eigenvalue weighted by molar-refractivity contribution is 7.91. The second-order valence-corrected chi connectivity index (χ2v) is 8.84. The maximum atomic E-state index is 12.3. The zero-order valence-electron chi connectivity index (χ0n) is 12.3. The molecule has 118 valence electrons. The highest BCUT2D eigenvalue weighted by Crippen LogP contribution is 2.16. The topological polar surface area (TPSA) is 80.3 Å². The van der Waals surface area contributed by atoms with Crippen LogP contribution in [0.2, 0.25) is 0 Å². The summed E-state index contributed by atoms with van der Waals surface area (Å²) in [5.74, 6) is 0. The van der Waals surface area contributed by atoms with Crippen LogP contribution >= 0.6 is 0 Å². The largest absolute Gasteiger partial charge is 0.240 e. The number of nitrogens with one attached hydrogen (secondary N) is 1. The van der Waals surface area contributed by atoms with Gasteiger partial charge in [0.1, 0.15) is 0 Å². The number of hydrogen-bond donors (Lipinski definition) is 1. The molecule has 1 N–H and O–H groups in total. The van der Waals surface area contributed by atoms with Crippen molar-refractivity contribution >= 4 is 19.9 Å². The van der Waals surface area contributed by atoms with Gasteiger partial charge in [0.2, 0.25) is 10.0 Å². The summed E-state index contributed by atoms with van der Waals surface area (Å²) in [5.41, 5.74) is 1.87. The minimum absolute atomic E-state index is 0.0223. The third-order valence-electron chi connectivity index (χ3n) is 3.09.